The van der Waals surface area contributed by atoms with Crippen molar-refractivity contribution in [1.29, 1.82) is 0 Å². The summed E-state index contributed by atoms with van der Waals surface area (Å²) < 4.78 is 6.01. The largest absolute Gasteiger partial charge is 0.465 e. The van der Waals surface area contributed by atoms with Gasteiger partial charge in [0.15, 0.2) is 0 Å². The maximum Gasteiger partial charge on any atom is 0.339 e. The second kappa shape index (κ2) is 5.12. The third kappa shape index (κ3) is 2.25. The summed E-state index contributed by atoms with van der Waals surface area (Å²) in [6.07, 6.45) is 2.73. The van der Waals surface area contributed by atoms with E-state index in [2.05, 4.69) is 9.72 Å². The Kier molecular flexibility index (Phi) is 3.51. The molecule has 0 spiro atoms. The molecule has 0 aliphatic carbocycles. The van der Waals surface area contributed by atoms with Crippen molar-refractivity contribution >= 4 is 23.3 Å². The molecule has 0 atom stereocenters. The number of fused-ring (bicyclic) bond motifs is 1. The third-order valence-corrected chi connectivity index (χ3v) is 2.76. The van der Waals surface area contributed by atoms with Gasteiger partial charge in [-0.2, -0.15) is 0 Å². The van der Waals surface area contributed by atoms with Crippen molar-refractivity contribution in [3.8, 4) is 0 Å². The summed E-state index contributed by atoms with van der Waals surface area (Å²) in [7, 11) is 4.24. The van der Waals surface area contributed by atoms with Gasteiger partial charge in [0.05, 0.1) is 18.9 Å². The molecule has 0 fully saturated rings. The summed E-state index contributed by atoms with van der Waals surface area (Å²) in [5.74, 6) is -1.88. The lowest BCUT2D eigenvalue weighted by Crippen LogP contribution is -2.30. The van der Waals surface area contributed by atoms with E-state index in [1.54, 1.807) is 6.07 Å². The first kappa shape index (κ1) is 13.7. The number of likely N-dealkylation sites (N-methyl/N-ethyl adjacent to an activating group) is 1. The number of nitrogens with zero attached hydrogens (tertiary/aromatic N) is 3. The summed E-state index contributed by atoms with van der Waals surface area (Å²) in [6.45, 7) is 0. The van der Waals surface area contributed by atoms with Crippen LogP contribution < -0.4 is 0 Å². The van der Waals surface area contributed by atoms with Crippen molar-refractivity contribution in [2.45, 2.75) is 0 Å². The summed E-state index contributed by atoms with van der Waals surface area (Å²) in [5.41, 5.74) is 0.835. The quantitative estimate of drug-likeness (QED) is 0.460. The summed E-state index contributed by atoms with van der Waals surface area (Å²) >= 11 is 0. The average molecular weight is 275 g/mol. The normalized spacial score (nSPS) is 10.3. The molecule has 2 rings (SSSR count). The van der Waals surface area contributed by atoms with Crippen molar-refractivity contribution in [2.75, 3.05) is 21.2 Å². The second-order valence-electron chi connectivity index (χ2n) is 4.31. The Balaban J connectivity index is 2.52. The lowest BCUT2D eigenvalue weighted by atomic mass is 10.2. The summed E-state index contributed by atoms with van der Waals surface area (Å²) in [6, 6.07) is 3.11. The van der Waals surface area contributed by atoms with Crippen molar-refractivity contribution in [3.63, 3.8) is 0 Å². The zero-order valence-electron chi connectivity index (χ0n) is 11.3. The van der Waals surface area contributed by atoms with Gasteiger partial charge >= 0.3 is 5.97 Å². The Hall–Kier alpha value is -2.70. The van der Waals surface area contributed by atoms with Gasteiger partial charge in [-0.15, -0.1) is 0 Å². The number of hydrogen-bond acceptors (Lipinski definition) is 5. The minimum absolute atomic E-state index is 0.101. The monoisotopic (exact) mass is 275 g/mol. The van der Waals surface area contributed by atoms with E-state index in [4.69, 9.17) is 0 Å². The van der Waals surface area contributed by atoms with Gasteiger partial charge in [-0.05, 0) is 12.1 Å². The lowest BCUT2D eigenvalue weighted by Gasteiger charge is -2.08. The number of hydrogen-bond donors (Lipinski definition) is 0. The van der Waals surface area contributed by atoms with E-state index in [-0.39, 0.29) is 11.3 Å². The fourth-order valence-corrected chi connectivity index (χ4v) is 1.70. The Morgan fingerprint density at radius 2 is 1.95 bits per heavy atom. The van der Waals surface area contributed by atoms with E-state index in [1.807, 2.05) is 0 Å². The molecule has 7 nitrogen and oxygen atoms in total. The van der Waals surface area contributed by atoms with Gasteiger partial charge in [0.25, 0.3) is 11.7 Å². The molecule has 0 bridgehead atoms. The first-order valence-electron chi connectivity index (χ1n) is 5.77. The molecule has 1 amide bonds. The molecule has 104 valence electrons. The maximum atomic E-state index is 12.0. The molecule has 0 saturated heterocycles. The van der Waals surface area contributed by atoms with Gasteiger partial charge < -0.3 is 9.64 Å². The number of Topliss-reactive ketones (excluding diaryl/α,β-unsaturated/α-hetero) is 1. The maximum absolute atomic E-state index is 12.0. The molecule has 0 aromatic carbocycles. The highest BCUT2D eigenvalue weighted by Crippen LogP contribution is 2.11. The predicted octanol–water partition coefficient (Wildman–Crippen LogP) is 0.392. The van der Waals surface area contributed by atoms with Gasteiger partial charge in [-0.1, -0.05) is 0 Å². The van der Waals surface area contributed by atoms with Gasteiger partial charge in [-0.25, -0.2) is 9.78 Å². The van der Waals surface area contributed by atoms with E-state index in [0.717, 1.165) is 0 Å². The van der Waals surface area contributed by atoms with E-state index >= 15 is 0 Å². The number of rotatable bonds is 3. The fourth-order valence-electron chi connectivity index (χ4n) is 1.70. The number of carbonyl (C=O) groups excluding carboxylic acids is 3. The molecular formula is C13H13N3O4. The van der Waals surface area contributed by atoms with Crippen LogP contribution in [-0.4, -0.2) is 53.1 Å². The number of amides is 1. The van der Waals surface area contributed by atoms with Gasteiger partial charge in [-0.3, -0.25) is 14.0 Å². The van der Waals surface area contributed by atoms with Crippen LogP contribution in [0.25, 0.3) is 5.65 Å². The highest BCUT2D eigenvalue weighted by Gasteiger charge is 2.22. The number of esters is 1. The number of ether oxygens (including phenoxy) is 1. The fraction of sp³-hybridized carbons (Fsp3) is 0.231. The topological polar surface area (TPSA) is 81.0 Å². The number of ketones is 1. The first-order valence-corrected chi connectivity index (χ1v) is 5.77. The average Bonchev–Trinajstić information content (AvgIpc) is 2.87. The number of carbonyl (C=O) groups is 3. The summed E-state index contributed by atoms with van der Waals surface area (Å²) in [5, 5.41) is 0. The molecule has 20 heavy (non-hydrogen) atoms. The molecule has 0 aliphatic rings. The predicted molar refractivity (Wildman–Crippen MR) is 69.6 cm³/mol. The molecule has 2 heterocycles. The van der Waals surface area contributed by atoms with Gasteiger partial charge in [0.1, 0.15) is 11.3 Å². The zero-order chi connectivity index (χ0) is 14.9. The standard InChI is InChI=1S/C13H13N3O4/c1-15(2)12(18)11(17)9-6-14-10-5-4-8(7-16(9)10)13(19)20-3/h4-7H,1-3H3. The smallest absolute Gasteiger partial charge is 0.339 e. The van der Waals surface area contributed by atoms with Gasteiger partial charge in [0, 0.05) is 20.3 Å². The van der Waals surface area contributed by atoms with Crippen LogP contribution in [0.1, 0.15) is 20.8 Å². The molecule has 0 radical (unpaired) electrons. The van der Waals surface area contributed by atoms with Crippen LogP contribution in [0.2, 0.25) is 0 Å². The SMILES string of the molecule is COC(=O)c1ccc2ncc(C(=O)C(=O)N(C)C)n2c1. The van der Waals surface area contributed by atoms with E-state index in [0.29, 0.717) is 5.65 Å². The van der Waals surface area contributed by atoms with E-state index in [1.165, 1.54) is 49.0 Å². The molecule has 0 aliphatic heterocycles. The van der Waals surface area contributed by atoms with Crippen LogP contribution >= 0.6 is 0 Å². The highest BCUT2D eigenvalue weighted by molar-refractivity contribution is 6.42. The summed E-state index contributed by atoms with van der Waals surface area (Å²) in [4.78, 5) is 40.4. The van der Waals surface area contributed by atoms with Crippen molar-refractivity contribution < 1.29 is 19.1 Å². The number of methoxy groups -OCH3 is 1. The number of aromatic nitrogens is 2. The van der Waals surface area contributed by atoms with E-state index < -0.39 is 17.7 Å². The van der Waals surface area contributed by atoms with Crippen LogP contribution in [0, 0.1) is 0 Å². The van der Waals surface area contributed by atoms with Crippen LogP contribution in [0.4, 0.5) is 0 Å². The van der Waals surface area contributed by atoms with Crippen LogP contribution in [0.15, 0.2) is 24.5 Å². The third-order valence-electron chi connectivity index (χ3n) is 2.76. The van der Waals surface area contributed by atoms with Crippen molar-refractivity contribution in [2.24, 2.45) is 0 Å². The Labute approximate surface area is 114 Å². The van der Waals surface area contributed by atoms with Crippen LogP contribution in [0.5, 0.6) is 0 Å². The lowest BCUT2D eigenvalue weighted by molar-refractivity contribution is -0.124. The van der Waals surface area contributed by atoms with Crippen molar-refractivity contribution in [3.05, 3.63) is 35.8 Å². The molecule has 7 heteroatoms. The molecule has 2 aromatic rings. The number of pyridine rings is 1. The number of imidazole rings is 1. The second-order valence-corrected chi connectivity index (χ2v) is 4.31. The zero-order valence-corrected chi connectivity index (χ0v) is 11.3. The Bertz CT molecular complexity index is 703. The minimum atomic E-state index is -0.690. The Morgan fingerprint density at radius 1 is 1.25 bits per heavy atom. The first-order chi connectivity index (χ1) is 9.45. The van der Waals surface area contributed by atoms with Gasteiger partial charge in [0.2, 0.25) is 0 Å². The minimum Gasteiger partial charge on any atom is -0.465 e. The molecule has 0 unspecified atom stereocenters. The molecule has 0 saturated carbocycles. The van der Waals surface area contributed by atoms with Crippen LogP contribution in [-0.2, 0) is 9.53 Å². The van der Waals surface area contributed by atoms with Crippen molar-refractivity contribution in [1.82, 2.24) is 14.3 Å². The Morgan fingerprint density at radius 3 is 2.55 bits per heavy atom. The van der Waals surface area contributed by atoms with E-state index in [9.17, 15) is 14.4 Å². The molecule has 0 N–H and O–H groups in total. The van der Waals surface area contributed by atoms with Crippen LogP contribution in [0.3, 0.4) is 0 Å². The highest BCUT2D eigenvalue weighted by atomic mass is 16.5. The molecule has 2 aromatic heterocycles. The molecular weight excluding hydrogens is 262 g/mol.